The normalized spacial score (nSPS) is 14.4. The molecule has 0 fully saturated rings. The third-order valence-corrected chi connectivity index (χ3v) is 2.56. The first-order valence-electron chi connectivity index (χ1n) is 4.78. The molecule has 1 atom stereocenters. The molecule has 0 saturated carbocycles. The molecule has 0 spiro atoms. The molecule has 0 aliphatic heterocycles. The first kappa shape index (κ1) is 14.1. The zero-order chi connectivity index (χ0) is 11.0. The standard InChI is InChI=1S/C9H18F3NS/c1-3-6-13-8(7-14-2)4-5-9(10,11)12/h8,13H,3-7H2,1-2H3. The Hall–Kier alpha value is 0.100. The van der Waals surface area contributed by atoms with E-state index in [4.69, 9.17) is 0 Å². The van der Waals surface area contributed by atoms with Crippen LogP contribution in [0.4, 0.5) is 13.2 Å². The van der Waals surface area contributed by atoms with Gasteiger partial charge in [0.2, 0.25) is 0 Å². The highest BCUT2D eigenvalue weighted by atomic mass is 32.2. The van der Waals surface area contributed by atoms with Gasteiger partial charge < -0.3 is 5.32 Å². The topological polar surface area (TPSA) is 12.0 Å². The van der Waals surface area contributed by atoms with Gasteiger partial charge in [-0.25, -0.2) is 0 Å². The monoisotopic (exact) mass is 229 g/mol. The van der Waals surface area contributed by atoms with Crippen LogP contribution in [0.15, 0.2) is 0 Å². The largest absolute Gasteiger partial charge is 0.389 e. The van der Waals surface area contributed by atoms with E-state index in [9.17, 15) is 13.2 Å². The zero-order valence-corrected chi connectivity index (χ0v) is 9.47. The zero-order valence-electron chi connectivity index (χ0n) is 8.66. The lowest BCUT2D eigenvalue weighted by Gasteiger charge is -2.18. The van der Waals surface area contributed by atoms with E-state index in [1.54, 1.807) is 11.8 Å². The summed E-state index contributed by atoms with van der Waals surface area (Å²) in [4.78, 5) is 0. The molecule has 1 nitrogen and oxygen atoms in total. The highest BCUT2D eigenvalue weighted by Crippen LogP contribution is 2.22. The Morgan fingerprint density at radius 1 is 1.36 bits per heavy atom. The van der Waals surface area contributed by atoms with Gasteiger partial charge in [-0.05, 0) is 25.6 Å². The van der Waals surface area contributed by atoms with Gasteiger partial charge in [0, 0.05) is 18.2 Å². The molecule has 0 aliphatic rings. The first-order chi connectivity index (χ1) is 6.49. The van der Waals surface area contributed by atoms with E-state index < -0.39 is 12.6 Å². The Balaban J connectivity index is 3.72. The van der Waals surface area contributed by atoms with Gasteiger partial charge in [0.1, 0.15) is 0 Å². The summed E-state index contributed by atoms with van der Waals surface area (Å²) >= 11 is 1.58. The molecule has 14 heavy (non-hydrogen) atoms. The second kappa shape index (κ2) is 7.40. The molecule has 1 unspecified atom stereocenters. The van der Waals surface area contributed by atoms with Gasteiger partial charge in [-0.15, -0.1) is 0 Å². The van der Waals surface area contributed by atoms with E-state index in [-0.39, 0.29) is 12.5 Å². The van der Waals surface area contributed by atoms with Crippen LogP contribution < -0.4 is 5.32 Å². The lowest BCUT2D eigenvalue weighted by atomic mass is 10.2. The minimum atomic E-state index is -4.02. The van der Waals surface area contributed by atoms with Crippen molar-refractivity contribution in [2.45, 2.75) is 38.4 Å². The van der Waals surface area contributed by atoms with Gasteiger partial charge in [-0.1, -0.05) is 6.92 Å². The number of rotatable bonds is 7. The summed E-state index contributed by atoms with van der Waals surface area (Å²) in [6, 6.07) is -0.00780. The summed E-state index contributed by atoms with van der Waals surface area (Å²) in [6.45, 7) is 2.80. The molecule has 86 valence electrons. The van der Waals surface area contributed by atoms with Gasteiger partial charge >= 0.3 is 6.18 Å². The molecule has 0 aliphatic carbocycles. The summed E-state index contributed by atoms with van der Waals surface area (Å²) in [5, 5.41) is 3.12. The number of hydrogen-bond donors (Lipinski definition) is 1. The Kier molecular flexibility index (Phi) is 7.45. The predicted octanol–water partition coefficient (Wildman–Crippen LogP) is 3.06. The van der Waals surface area contributed by atoms with Gasteiger partial charge in [0.25, 0.3) is 0 Å². The van der Waals surface area contributed by atoms with Crippen LogP contribution in [-0.4, -0.2) is 30.8 Å². The van der Waals surface area contributed by atoms with Crippen molar-refractivity contribution >= 4 is 11.8 Å². The number of hydrogen-bond acceptors (Lipinski definition) is 2. The molecule has 0 aromatic heterocycles. The van der Waals surface area contributed by atoms with E-state index in [0.29, 0.717) is 0 Å². The van der Waals surface area contributed by atoms with E-state index in [1.165, 1.54) is 0 Å². The predicted molar refractivity (Wildman–Crippen MR) is 55.8 cm³/mol. The Morgan fingerprint density at radius 3 is 2.43 bits per heavy atom. The van der Waals surface area contributed by atoms with Crippen molar-refractivity contribution in [1.82, 2.24) is 5.32 Å². The van der Waals surface area contributed by atoms with Gasteiger partial charge in [-0.3, -0.25) is 0 Å². The van der Waals surface area contributed by atoms with Crippen molar-refractivity contribution in [2.24, 2.45) is 0 Å². The average Bonchev–Trinajstić information content (AvgIpc) is 2.08. The quantitative estimate of drug-likeness (QED) is 0.720. The number of alkyl halides is 3. The van der Waals surface area contributed by atoms with Crippen LogP contribution in [0, 0.1) is 0 Å². The average molecular weight is 229 g/mol. The molecule has 5 heteroatoms. The van der Waals surface area contributed by atoms with Crippen molar-refractivity contribution in [2.75, 3.05) is 18.6 Å². The van der Waals surface area contributed by atoms with Crippen LogP contribution in [0.25, 0.3) is 0 Å². The lowest BCUT2D eigenvalue weighted by molar-refractivity contribution is -0.136. The fraction of sp³-hybridized carbons (Fsp3) is 1.00. The van der Waals surface area contributed by atoms with Crippen LogP contribution in [0.3, 0.4) is 0 Å². The van der Waals surface area contributed by atoms with Crippen molar-refractivity contribution < 1.29 is 13.2 Å². The van der Waals surface area contributed by atoms with Crippen molar-refractivity contribution in [3.8, 4) is 0 Å². The maximum absolute atomic E-state index is 11.9. The minimum Gasteiger partial charge on any atom is -0.313 e. The summed E-state index contributed by atoms with van der Waals surface area (Å²) in [5.74, 6) is 0.746. The highest BCUT2D eigenvalue weighted by molar-refractivity contribution is 7.98. The molecular formula is C9H18F3NS. The first-order valence-corrected chi connectivity index (χ1v) is 6.18. The van der Waals surface area contributed by atoms with Crippen LogP contribution in [0.1, 0.15) is 26.2 Å². The third-order valence-electron chi connectivity index (χ3n) is 1.83. The number of thioether (sulfide) groups is 1. The van der Waals surface area contributed by atoms with Crippen molar-refractivity contribution in [1.29, 1.82) is 0 Å². The van der Waals surface area contributed by atoms with Crippen molar-refractivity contribution in [3.05, 3.63) is 0 Å². The number of nitrogens with one attached hydrogen (secondary N) is 1. The molecular weight excluding hydrogens is 211 g/mol. The third kappa shape index (κ3) is 8.69. The van der Waals surface area contributed by atoms with Crippen LogP contribution in [0.2, 0.25) is 0 Å². The lowest BCUT2D eigenvalue weighted by Crippen LogP contribution is -2.33. The molecule has 0 amide bonds. The smallest absolute Gasteiger partial charge is 0.313 e. The molecule has 0 aromatic rings. The van der Waals surface area contributed by atoms with E-state index in [0.717, 1.165) is 18.7 Å². The maximum atomic E-state index is 11.9. The highest BCUT2D eigenvalue weighted by Gasteiger charge is 2.27. The van der Waals surface area contributed by atoms with Crippen LogP contribution in [-0.2, 0) is 0 Å². The Labute approximate surface area is 87.8 Å². The fourth-order valence-electron chi connectivity index (χ4n) is 1.13. The van der Waals surface area contributed by atoms with E-state index in [1.807, 2.05) is 13.2 Å². The SMILES string of the molecule is CCCNC(CCC(F)(F)F)CSC. The molecule has 1 N–H and O–H groups in total. The second-order valence-corrected chi connectivity index (χ2v) is 4.17. The van der Waals surface area contributed by atoms with Crippen LogP contribution in [0.5, 0.6) is 0 Å². The summed E-state index contributed by atoms with van der Waals surface area (Å²) < 4.78 is 35.8. The molecule has 0 saturated heterocycles. The molecule has 0 aromatic carbocycles. The van der Waals surface area contributed by atoms with E-state index in [2.05, 4.69) is 5.32 Å². The summed E-state index contributed by atoms with van der Waals surface area (Å²) in [5.41, 5.74) is 0. The fourth-order valence-corrected chi connectivity index (χ4v) is 1.82. The van der Waals surface area contributed by atoms with Gasteiger partial charge in [-0.2, -0.15) is 24.9 Å². The molecule has 0 rings (SSSR count). The molecule has 0 radical (unpaired) electrons. The van der Waals surface area contributed by atoms with Gasteiger partial charge in [0.15, 0.2) is 0 Å². The summed E-state index contributed by atoms with van der Waals surface area (Å²) in [6.07, 6.45) is -1.66. The maximum Gasteiger partial charge on any atom is 0.389 e. The van der Waals surface area contributed by atoms with E-state index >= 15 is 0 Å². The Morgan fingerprint density at radius 2 is 2.00 bits per heavy atom. The van der Waals surface area contributed by atoms with Crippen LogP contribution >= 0.6 is 11.8 Å². The minimum absolute atomic E-state index is 0.00780. The van der Waals surface area contributed by atoms with Crippen molar-refractivity contribution in [3.63, 3.8) is 0 Å². The Bertz CT molecular complexity index is 139. The summed E-state index contributed by atoms with van der Waals surface area (Å²) in [7, 11) is 0. The van der Waals surface area contributed by atoms with Gasteiger partial charge in [0.05, 0.1) is 0 Å². The number of halogens is 3. The molecule has 0 bridgehead atoms. The molecule has 0 heterocycles. The second-order valence-electron chi connectivity index (χ2n) is 3.26.